The average Bonchev–Trinajstić information content (AvgIpc) is 3.09. The SMILES string of the molecule is CC/C=C/C/C=C/C/C=C/C/C=C/C/C=C/CCCC(=O)OCC(COCCC(C(=O)[O-])[N+](C)(C)C)OC(=O)CCCCCCCCCCCCC. The van der Waals surface area contributed by atoms with Gasteiger partial charge in [0, 0.05) is 19.3 Å². The zero-order valence-electron chi connectivity index (χ0n) is 33.7. The Labute approximate surface area is 318 Å². The molecule has 0 radical (unpaired) electrons. The molecule has 0 amide bonds. The Hall–Kier alpha value is -2.97. The molecule has 0 aliphatic heterocycles. The van der Waals surface area contributed by atoms with Gasteiger partial charge in [-0.15, -0.1) is 0 Å². The van der Waals surface area contributed by atoms with Gasteiger partial charge in [-0.25, -0.2) is 0 Å². The number of allylic oxidation sites excluding steroid dienone is 10. The van der Waals surface area contributed by atoms with E-state index in [0.717, 1.165) is 57.8 Å². The molecule has 0 aromatic heterocycles. The van der Waals surface area contributed by atoms with Gasteiger partial charge in [0.25, 0.3) is 0 Å². The van der Waals surface area contributed by atoms with Crippen molar-refractivity contribution in [2.24, 2.45) is 0 Å². The zero-order valence-corrected chi connectivity index (χ0v) is 33.7. The highest BCUT2D eigenvalue weighted by Crippen LogP contribution is 2.13. The lowest BCUT2D eigenvalue weighted by atomic mass is 10.1. The molecule has 0 aliphatic rings. The molecule has 0 saturated carbocycles. The van der Waals surface area contributed by atoms with Gasteiger partial charge in [-0.3, -0.25) is 9.59 Å². The third-order valence-corrected chi connectivity index (χ3v) is 8.67. The fraction of sp³-hybridized carbons (Fsp3) is 0.705. The topological polar surface area (TPSA) is 102 Å². The van der Waals surface area contributed by atoms with E-state index in [9.17, 15) is 19.5 Å². The highest BCUT2D eigenvalue weighted by molar-refractivity contribution is 5.70. The molecule has 8 nitrogen and oxygen atoms in total. The minimum Gasteiger partial charge on any atom is -0.544 e. The van der Waals surface area contributed by atoms with Gasteiger partial charge in [-0.2, -0.15) is 0 Å². The lowest BCUT2D eigenvalue weighted by molar-refractivity contribution is -0.889. The molecule has 0 aliphatic carbocycles. The smallest absolute Gasteiger partial charge is 0.306 e. The van der Waals surface area contributed by atoms with Crippen molar-refractivity contribution in [3.05, 3.63) is 60.8 Å². The highest BCUT2D eigenvalue weighted by atomic mass is 16.6. The number of likely N-dealkylation sites (N-methyl/N-ethyl adjacent to an activating group) is 1. The average molecular weight is 730 g/mol. The normalized spacial score (nSPS) is 13.6. The van der Waals surface area contributed by atoms with Crippen molar-refractivity contribution in [3.8, 4) is 0 Å². The summed E-state index contributed by atoms with van der Waals surface area (Å²) in [7, 11) is 5.38. The van der Waals surface area contributed by atoms with Crippen LogP contribution < -0.4 is 5.11 Å². The summed E-state index contributed by atoms with van der Waals surface area (Å²) in [5.41, 5.74) is 0. The van der Waals surface area contributed by atoms with E-state index in [2.05, 4.69) is 74.6 Å². The number of carbonyl (C=O) groups excluding carboxylic acids is 3. The van der Waals surface area contributed by atoms with Crippen LogP contribution in [0.1, 0.15) is 149 Å². The van der Waals surface area contributed by atoms with Crippen molar-refractivity contribution in [2.75, 3.05) is 41.0 Å². The second-order valence-electron chi connectivity index (χ2n) is 14.5. The van der Waals surface area contributed by atoms with Gasteiger partial charge in [0.1, 0.15) is 12.6 Å². The van der Waals surface area contributed by atoms with Crippen LogP contribution in [0.4, 0.5) is 0 Å². The van der Waals surface area contributed by atoms with E-state index < -0.39 is 18.1 Å². The number of esters is 2. The molecule has 0 aromatic rings. The van der Waals surface area contributed by atoms with Crippen molar-refractivity contribution in [1.82, 2.24) is 0 Å². The number of unbranched alkanes of at least 4 members (excludes halogenated alkanes) is 11. The van der Waals surface area contributed by atoms with Crippen LogP contribution in [0.2, 0.25) is 0 Å². The number of rotatable bonds is 35. The summed E-state index contributed by atoms with van der Waals surface area (Å²) >= 11 is 0. The van der Waals surface area contributed by atoms with E-state index in [1.165, 1.54) is 51.4 Å². The number of carboxylic acid groups (broad SMARTS) is 1. The fourth-order valence-electron chi connectivity index (χ4n) is 5.52. The maximum atomic E-state index is 12.6. The Balaban J connectivity index is 4.48. The van der Waals surface area contributed by atoms with Crippen molar-refractivity contribution in [3.63, 3.8) is 0 Å². The predicted octanol–water partition coefficient (Wildman–Crippen LogP) is 9.30. The third-order valence-electron chi connectivity index (χ3n) is 8.67. The molecular weight excluding hydrogens is 654 g/mol. The quantitative estimate of drug-likeness (QED) is 0.0277. The molecule has 0 rings (SSSR count). The molecule has 0 spiro atoms. The van der Waals surface area contributed by atoms with Crippen molar-refractivity contribution in [1.29, 1.82) is 0 Å². The first kappa shape index (κ1) is 49.0. The van der Waals surface area contributed by atoms with Crippen LogP contribution in [0.25, 0.3) is 0 Å². The molecule has 8 heteroatoms. The molecule has 0 heterocycles. The van der Waals surface area contributed by atoms with Gasteiger partial charge in [-0.05, 0) is 51.4 Å². The number of nitrogens with zero attached hydrogens (tertiary/aromatic N) is 1. The Bertz CT molecular complexity index is 1040. The standard InChI is InChI=1S/C44H75NO7/c1-6-8-10-12-14-16-18-19-20-21-22-23-25-26-28-30-32-34-42(46)51-39-40(38-50-37-36-41(44(48)49)45(3,4)5)52-43(47)35-33-31-29-27-24-17-15-13-11-9-7-2/h8,10,14,16,19-20,22-23,26,28,40-41H,6-7,9,11-13,15,17-18,21,24-25,27,29-39H2,1-5H3/b10-8+,16-14+,20-19+,23-22+,28-26+. The summed E-state index contributed by atoms with van der Waals surface area (Å²) in [6.07, 6.45) is 41.1. The second-order valence-corrected chi connectivity index (χ2v) is 14.5. The molecule has 0 N–H and O–H groups in total. The maximum Gasteiger partial charge on any atom is 0.306 e. The number of ether oxygens (including phenoxy) is 3. The zero-order chi connectivity index (χ0) is 38.5. The van der Waals surface area contributed by atoms with Gasteiger partial charge in [0.15, 0.2) is 6.10 Å². The second kappa shape index (κ2) is 35.1. The fourth-order valence-corrected chi connectivity index (χ4v) is 5.52. The van der Waals surface area contributed by atoms with E-state index in [-0.39, 0.29) is 49.1 Å². The summed E-state index contributed by atoms with van der Waals surface area (Å²) in [6.45, 7) is 4.46. The van der Waals surface area contributed by atoms with Gasteiger partial charge in [0.2, 0.25) is 0 Å². The Morgan fingerprint density at radius 3 is 1.58 bits per heavy atom. The Morgan fingerprint density at radius 2 is 1.08 bits per heavy atom. The summed E-state index contributed by atoms with van der Waals surface area (Å²) in [4.78, 5) is 36.7. The van der Waals surface area contributed by atoms with Crippen LogP contribution in [0.5, 0.6) is 0 Å². The predicted molar refractivity (Wildman–Crippen MR) is 212 cm³/mol. The van der Waals surface area contributed by atoms with Gasteiger partial charge in [-0.1, -0.05) is 139 Å². The van der Waals surface area contributed by atoms with E-state index in [1.807, 2.05) is 0 Å². The van der Waals surface area contributed by atoms with Crippen molar-refractivity contribution in [2.45, 2.75) is 161 Å². The van der Waals surface area contributed by atoms with Gasteiger partial charge < -0.3 is 28.6 Å². The van der Waals surface area contributed by atoms with Crippen molar-refractivity contribution >= 4 is 17.9 Å². The summed E-state index contributed by atoms with van der Waals surface area (Å²) in [5.74, 6) is -1.82. The van der Waals surface area contributed by atoms with Crippen LogP contribution in [0, 0.1) is 0 Å². The number of carboxylic acids is 1. The molecule has 2 unspecified atom stereocenters. The molecular formula is C44H75NO7. The van der Waals surface area contributed by atoms with Crippen LogP contribution >= 0.6 is 0 Å². The lowest BCUT2D eigenvalue weighted by Gasteiger charge is -2.34. The van der Waals surface area contributed by atoms with E-state index in [4.69, 9.17) is 14.2 Å². The first-order valence-corrected chi connectivity index (χ1v) is 20.3. The monoisotopic (exact) mass is 730 g/mol. The number of hydrogen-bond acceptors (Lipinski definition) is 7. The minimum atomic E-state index is -1.13. The minimum absolute atomic E-state index is 0.0220. The molecule has 298 valence electrons. The molecule has 0 aromatic carbocycles. The summed E-state index contributed by atoms with van der Waals surface area (Å²) in [6, 6.07) is -0.733. The van der Waals surface area contributed by atoms with E-state index in [0.29, 0.717) is 12.8 Å². The highest BCUT2D eigenvalue weighted by Gasteiger charge is 2.25. The van der Waals surface area contributed by atoms with Gasteiger partial charge in [0.05, 0.1) is 40.3 Å². The maximum absolute atomic E-state index is 12.6. The molecule has 0 fully saturated rings. The summed E-state index contributed by atoms with van der Waals surface area (Å²) < 4.78 is 17.0. The first-order valence-electron chi connectivity index (χ1n) is 20.3. The summed E-state index contributed by atoms with van der Waals surface area (Å²) in [5, 5.41) is 11.6. The third kappa shape index (κ3) is 32.9. The van der Waals surface area contributed by atoms with E-state index in [1.54, 1.807) is 21.1 Å². The number of quaternary nitrogens is 1. The Kier molecular flexibility index (Phi) is 33.1. The number of carbonyl (C=O) groups is 3. The van der Waals surface area contributed by atoms with Crippen LogP contribution in [-0.4, -0.2) is 75.5 Å². The van der Waals surface area contributed by atoms with Crippen LogP contribution in [0.15, 0.2) is 60.8 Å². The van der Waals surface area contributed by atoms with Crippen LogP contribution in [0.3, 0.4) is 0 Å². The largest absolute Gasteiger partial charge is 0.544 e. The number of hydrogen-bond donors (Lipinski definition) is 0. The molecule has 0 saturated heterocycles. The Morgan fingerprint density at radius 1 is 0.596 bits per heavy atom. The number of aliphatic carboxylic acids is 1. The first-order chi connectivity index (χ1) is 25.1. The molecule has 0 bridgehead atoms. The van der Waals surface area contributed by atoms with E-state index >= 15 is 0 Å². The van der Waals surface area contributed by atoms with Gasteiger partial charge >= 0.3 is 11.9 Å². The van der Waals surface area contributed by atoms with Crippen molar-refractivity contribution < 1.29 is 38.2 Å². The molecule has 2 atom stereocenters. The molecule has 52 heavy (non-hydrogen) atoms. The van der Waals surface area contributed by atoms with Crippen LogP contribution in [-0.2, 0) is 28.6 Å². The lowest BCUT2D eigenvalue weighted by Crippen LogP contribution is -2.55.